The number of aromatic amines is 2. The Bertz CT molecular complexity index is 662. The molecule has 0 fully saturated rings. The number of nitrogens with two attached hydrogens (primary N) is 1. The molecule has 0 saturated heterocycles. The molecule has 0 spiro atoms. The highest BCUT2D eigenvalue weighted by Gasteiger charge is 2.06. The molecule has 4 heteroatoms. The average molecular weight is 228 g/mol. The molecule has 3 aromatic rings. The van der Waals surface area contributed by atoms with Crippen LogP contribution in [-0.2, 0) is 0 Å². The van der Waals surface area contributed by atoms with Crippen molar-refractivity contribution in [2.24, 2.45) is 0 Å². The number of aromatic nitrogens is 2. The fourth-order valence-electron chi connectivity index (χ4n) is 2.17. The Labute approximate surface area is 99.2 Å². The second-order valence-electron chi connectivity index (χ2n) is 4.33. The van der Waals surface area contributed by atoms with E-state index in [-0.39, 0.29) is 0 Å². The maximum absolute atomic E-state index is 5.78. The Morgan fingerprint density at radius 1 is 1.12 bits per heavy atom. The average Bonchev–Trinajstić information content (AvgIpc) is 2.87. The zero-order chi connectivity index (χ0) is 11.8. The van der Waals surface area contributed by atoms with Crippen LogP contribution in [0.15, 0.2) is 24.3 Å². The van der Waals surface area contributed by atoms with Crippen molar-refractivity contribution in [3.8, 4) is 0 Å². The van der Waals surface area contributed by atoms with E-state index in [1.165, 1.54) is 5.39 Å². The van der Waals surface area contributed by atoms with Crippen LogP contribution < -0.4 is 11.1 Å². The Morgan fingerprint density at radius 3 is 2.59 bits per heavy atom. The summed E-state index contributed by atoms with van der Waals surface area (Å²) in [7, 11) is 0. The lowest BCUT2D eigenvalue weighted by molar-refractivity contribution is 0.973. The summed E-state index contributed by atoms with van der Waals surface area (Å²) in [4.78, 5) is 6.58. The monoisotopic (exact) mass is 228 g/mol. The predicted molar refractivity (Wildman–Crippen MR) is 73.3 cm³/mol. The van der Waals surface area contributed by atoms with Crippen LogP contribution in [0.5, 0.6) is 0 Å². The molecule has 0 amide bonds. The fourth-order valence-corrected chi connectivity index (χ4v) is 2.17. The number of nitrogen functional groups attached to an aromatic ring is 1. The van der Waals surface area contributed by atoms with Gasteiger partial charge in [0, 0.05) is 17.3 Å². The van der Waals surface area contributed by atoms with E-state index in [2.05, 4.69) is 40.4 Å². The second kappa shape index (κ2) is 3.73. The van der Waals surface area contributed by atoms with Gasteiger partial charge in [-0.3, -0.25) is 0 Å². The summed E-state index contributed by atoms with van der Waals surface area (Å²) in [6, 6.07) is 8.27. The summed E-state index contributed by atoms with van der Waals surface area (Å²) in [6.45, 7) is 3.13. The number of benzene rings is 1. The lowest BCUT2D eigenvalue weighted by Gasteiger charge is -1.98. The van der Waals surface area contributed by atoms with Gasteiger partial charge in [-0.25, -0.2) is 0 Å². The fraction of sp³-hybridized carbons (Fsp3) is 0.231. The van der Waals surface area contributed by atoms with Crippen LogP contribution in [0.4, 0.5) is 11.6 Å². The SMILES string of the molecule is CCCNc1cc2ccc3cc(N)[nH]c3c2[nH]1. The number of anilines is 2. The number of nitrogens with one attached hydrogen (secondary N) is 3. The van der Waals surface area contributed by atoms with E-state index in [0.717, 1.165) is 35.2 Å². The van der Waals surface area contributed by atoms with E-state index in [9.17, 15) is 0 Å². The molecule has 0 aliphatic rings. The van der Waals surface area contributed by atoms with E-state index in [1.54, 1.807) is 0 Å². The minimum absolute atomic E-state index is 0.699. The summed E-state index contributed by atoms with van der Waals surface area (Å²) in [5, 5.41) is 5.68. The molecular weight excluding hydrogens is 212 g/mol. The number of fused-ring (bicyclic) bond motifs is 3. The summed E-state index contributed by atoms with van der Waals surface area (Å²) in [5.41, 5.74) is 7.97. The van der Waals surface area contributed by atoms with Gasteiger partial charge in [-0.05, 0) is 18.6 Å². The van der Waals surface area contributed by atoms with Crippen molar-refractivity contribution in [3.05, 3.63) is 24.3 Å². The molecule has 0 atom stereocenters. The Balaban J connectivity index is 2.16. The van der Waals surface area contributed by atoms with Crippen LogP contribution >= 0.6 is 0 Å². The third kappa shape index (κ3) is 1.62. The van der Waals surface area contributed by atoms with E-state index in [4.69, 9.17) is 5.73 Å². The molecule has 1 aromatic carbocycles. The number of H-pyrrole nitrogens is 2. The van der Waals surface area contributed by atoms with Crippen LogP contribution in [0.1, 0.15) is 13.3 Å². The standard InChI is InChI=1S/C13H16N4/c1-2-5-15-11-7-9-4-3-8-6-10(14)16-12(8)13(9)17-11/h3-4,6-7,15-17H,2,5,14H2,1H3. The number of rotatable bonds is 3. The quantitative estimate of drug-likeness (QED) is 0.556. The molecule has 3 rings (SSSR count). The van der Waals surface area contributed by atoms with Gasteiger partial charge in [0.1, 0.15) is 11.6 Å². The Morgan fingerprint density at radius 2 is 1.82 bits per heavy atom. The number of hydrogen-bond donors (Lipinski definition) is 4. The lowest BCUT2D eigenvalue weighted by atomic mass is 10.2. The molecule has 0 bridgehead atoms. The lowest BCUT2D eigenvalue weighted by Crippen LogP contribution is -1.98. The Kier molecular flexibility index (Phi) is 2.21. The molecular formula is C13H16N4. The van der Waals surface area contributed by atoms with Crippen LogP contribution in [-0.4, -0.2) is 16.5 Å². The minimum Gasteiger partial charge on any atom is -0.385 e. The first-order valence-electron chi connectivity index (χ1n) is 5.91. The van der Waals surface area contributed by atoms with Crippen LogP contribution in [0.3, 0.4) is 0 Å². The first kappa shape index (κ1) is 10.1. The largest absolute Gasteiger partial charge is 0.385 e. The van der Waals surface area contributed by atoms with Gasteiger partial charge in [-0.2, -0.15) is 0 Å². The van der Waals surface area contributed by atoms with Crippen molar-refractivity contribution >= 4 is 33.4 Å². The molecule has 0 saturated carbocycles. The van der Waals surface area contributed by atoms with Crippen LogP contribution in [0, 0.1) is 0 Å². The van der Waals surface area contributed by atoms with Gasteiger partial charge in [0.05, 0.1) is 11.0 Å². The van der Waals surface area contributed by atoms with Gasteiger partial charge in [0.25, 0.3) is 0 Å². The molecule has 0 unspecified atom stereocenters. The third-order valence-corrected chi connectivity index (χ3v) is 2.98. The van der Waals surface area contributed by atoms with Crippen molar-refractivity contribution in [2.45, 2.75) is 13.3 Å². The molecule has 17 heavy (non-hydrogen) atoms. The van der Waals surface area contributed by atoms with Crippen LogP contribution in [0.25, 0.3) is 21.8 Å². The van der Waals surface area contributed by atoms with Crippen molar-refractivity contribution in [1.29, 1.82) is 0 Å². The van der Waals surface area contributed by atoms with Gasteiger partial charge in [-0.15, -0.1) is 0 Å². The zero-order valence-corrected chi connectivity index (χ0v) is 9.80. The van der Waals surface area contributed by atoms with E-state index in [0.29, 0.717) is 5.82 Å². The van der Waals surface area contributed by atoms with E-state index in [1.807, 2.05) is 6.07 Å². The highest BCUT2D eigenvalue weighted by atomic mass is 15.0. The van der Waals surface area contributed by atoms with Gasteiger partial charge >= 0.3 is 0 Å². The molecule has 2 aromatic heterocycles. The third-order valence-electron chi connectivity index (χ3n) is 2.98. The zero-order valence-electron chi connectivity index (χ0n) is 9.80. The Hall–Kier alpha value is -2.10. The van der Waals surface area contributed by atoms with Crippen molar-refractivity contribution < 1.29 is 0 Å². The van der Waals surface area contributed by atoms with Gasteiger partial charge in [0.15, 0.2) is 0 Å². The summed E-state index contributed by atoms with van der Waals surface area (Å²) in [5.74, 6) is 1.76. The minimum atomic E-state index is 0.699. The van der Waals surface area contributed by atoms with Crippen LogP contribution in [0.2, 0.25) is 0 Å². The summed E-state index contributed by atoms with van der Waals surface area (Å²) < 4.78 is 0. The maximum atomic E-state index is 5.78. The number of hydrogen-bond acceptors (Lipinski definition) is 2. The molecule has 0 aliphatic carbocycles. The maximum Gasteiger partial charge on any atom is 0.104 e. The van der Waals surface area contributed by atoms with E-state index >= 15 is 0 Å². The molecule has 88 valence electrons. The summed E-state index contributed by atoms with van der Waals surface area (Å²) in [6.07, 6.45) is 1.11. The smallest absolute Gasteiger partial charge is 0.104 e. The topological polar surface area (TPSA) is 69.6 Å². The molecule has 0 aliphatic heterocycles. The van der Waals surface area contributed by atoms with Gasteiger partial charge in [0.2, 0.25) is 0 Å². The van der Waals surface area contributed by atoms with Crippen molar-refractivity contribution in [2.75, 3.05) is 17.6 Å². The first-order valence-corrected chi connectivity index (χ1v) is 5.91. The first-order chi connectivity index (χ1) is 8.28. The molecule has 4 nitrogen and oxygen atoms in total. The molecule has 0 radical (unpaired) electrons. The van der Waals surface area contributed by atoms with Gasteiger partial charge in [-0.1, -0.05) is 19.1 Å². The highest BCUT2D eigenvalue weighted by Crippen LogP contribution is 2.27. The van der Waals surface area contributed by atoms with Crippen molar-refractivity contribution in [3.63, 3.8) is 0 Å². The normalized spacial score (nSPS) is 11.4. The predicted octanol–water partition coefficient (Wildman–Crippen LogP) is 3.05. The summed E-state index contributed by atoms with van der Waals surface area (Å²) >= 11 is 0. The van der Waals surface area contributed by atoms with Crippen molar-refractivity contribution in [1.82, 2.24) is 9.97 Å². The molecule has 5 N–H and O–H groups in total. The molecule has 2 heterocycles. The van der Waals surface area contributed by atoms with E-state index < -0.39 is 0 Å². The highest BCUT2D eigenvalue weighted by molar-refractivity contribution is 6.06. The van der Waals surface area contributed by atoms with Gasteiger partial charge < -0.3 is 21.0 Å². The second-order valence-corrected chi connectivity index (χ2v) is 4.33.